The number of aliphatic hydroxyl groups is 1. The lowest BCUT2D eigenvalue weighted by molar-refractivity contribution is 0.240. The van der Waals surface area contributed by atoms with Gasteiger partial charge in [-0.1, -0.05) is 30.3 Å². The van der Waals surface area contributed by atoms with Crippen LogP contribution < -0.4 is 5.32 Å². The number of aliphatic hydroxyl groups excluding tert-OH is 1. The molecule has 0 aliphatic carbocycles. The van der Waals surface area contributed by atoms with Crippen molar-refractivity contribution >= 4 is 0 Å². The van der Waals surface area contributed by atoms with E-state index in [-0.39, 0.29) is 18.5 Å². The predicted octanol–water partition coefficient (Wildman–Crippen LogP) is 2.39. The fraction of sp³-hybridized carbons (Fsp3) is 0.235. The van der Waals surface area contributed by atoms with Crippen LogP contribution in [-0.2, 0) is 13.0 Å². The molecular weight excluding hydrogens is 267 g/mol. The minimum atomic E-state index is -0.366. The lowest BCUT2D eigenvalue weighted by Crippen LogP contribution is -2.34. The van der Waals surface area contributed by atoms with Crippen molar-refractivity contribution in [2.75, 3.05) is 6.61 Å². The van der Waals surface area contributed by atoms with E-state index in [1.807, 2.05) is 36.4 Å². The first-order chi connectivity index (χ1) is 10.2. The van der Waals surface area contributed by atoms with E-state index in [2.05, 4.69) is 5.32 Å². The fourth-order valence-corrected chi connectivity index (χ4v) is 2.17. The maximum Gasteiger partial charge on any atom is 0.123 e. The Morgan fingerprint density at radius 3 is 2.62 bits per heavy atom. The van der Waals surface area contributed by atoms with Gasteiger partial charge in [-0.15, -0.1) is 0 Å². The molecule has 0 aliphatic heterocycles. The molecule has 2 aromatic carbocycles. The van der Waals surface area contributed by atoms with Gasteiger partial charge < -0.3 is 10.4 Å². The molecule has 2 aromatic rings. The molecule has 1 unspecified atom stereocenters. The van der Waals surface area contributed by atoms with Crippen molar-refractivity contribution in [2.24, 2.45) is 0 Å². The van der Waals surface area contributed by atoms with Gasteiger partial charge in [-0.3, -0.25) is 0 Å². The molecule has 0 fully saturated rings. The number of halogens is 1. The molecule has 0 saturated heterocycles. The van der Waals surface area contributed by atoms with Gasteiger partial charge in [0.15, 0.2) is 0 Å². The third-order valence-electron chi connectivity index (χ3n) is 3.31. The Hall–Kier alpha value is -2.22. The topological polar surface area (TPSA) is 56.0 Å². The molecule has 0 amide bonds. The standard InChI is InChI=1S/C17H17FN2O/c18-16-7-6-14(10-19)15(9-16)11-20-17(12-21)8-13-4-2-1-3-5-13/h1-7,9,17,20-21H,8,11-12H2. The summed E-state index contributed by atoms with van der Waals surface area (Å²) >= 11 is 0. The largest absolute Gasteiger partial charge is 0.395 e. The van der Waals surface area contributed by atoms with Crippen LogP contribution in [0.4, 0.5) is 4.39 Å². The molecule has 2 N–H and O–H groups in total. The van der Waals surface area contributed by atoms with Crippen LogP contribution in [0.15, 0.2) is 48.5 Å². The van der Waals surface area contributed by atoms with E-state index < -0.39 is 0 Å². The number of nitrogens with zero attached hydrogens (tertiary/aromatic N) is 1. The van der Waals surface area contributed by atoms with Crippen LogP contribution in [0, 0.1) is 17.1 Å². The van der Waals surface area contributed by atoms with E-state index in [1.165, 1.54) is 18.2 Å². The molecule has 0 radical (unpaired) electrons. The van der Waals surface area contributed by atoms with Crippen molar-refractivity contribution in [3.05, 3.63) is 71.0 Å². The Bertz CT molecular complexity index is 622. The Kier molecular flexibility index (Phi) is 5.44. The average molecular weight is 284 g/mol. The number of benzene rings is 2. The number of hydrogen-bond donors (Lipinski definition) is 2. The van der Waals surface area contributed by atoms with Crippen LogP contribution in [-0.4, -0.2) is 17.8 Å². The average Bonchev–Trinajstić information content (AvgIpc) is 2.52. The minimum Gasteiger partial charge on any atom is -0.395 e. The monoisotopic (exact) mass is 284 g/mol. The Labute approximate surface area is 123 Å². The number of nitrogens with one attached hydrogen (secondary N) is 1. The molecule has 0 bridgehead atoms. The zero-order valence-corrected chi connectivity index (χ0v) is 11.6. The van der Waals surface area contributed by atoms with Crippen LogP contribution in [0.1, 0.15) is 16.7 Å². The number of nitriles is 1. The molecule has 0 saturated carbocycles. The van der Waals surface area contributed by atoms with Crippen molar-refractivity contribution in [2.45, 2.75) is 19.0 Å². The highest BCUT2D eigenvalue weighted by atomic mass is 19.1. The van der Waals surface area contributed by atoms with E-state index in [0.717, 1.165) is 5.56 Å². The zero-order chi connectivity index (χ0) is 15.1. The van der Waals surface area contributed by atoms with Gasteiger partial charge in [-0.25, -0.2) is 4.39 Å². The Balaban J connectivity index is 2.00. The molecule has 0 aromatic heterocycles. The highest BCUT2D eigenvalue weighted by Crippen LogP contribution is 2.11. The lowest BCUT2D eigenvalue weighted by Gasteiger charge is -2.17. The third kappa shape index (κ3) is 4.38. The van der Waals surface area contributed by atoms with Gasteiger partial charge in [0.25, 0.3) is 0 Å². The molecule has 108 valence electrons. The highest BCUT2D eigenvalue weighted by Gasteiger charge is 2.10. The molecular formula is C17H17FN2O. The number of rotatable bonds is 6. The van der Waals surface area contributed by atoms with Gasteiger partial charge in [0.05, 0.1) is 18.2 Å². The summed E-state index contributed by atoms with van der Waals surface area (Å²) in [5.74, 6) is -0.366. The molecule has 4 heteroatoms. The van der Waals surface area contributed by atoms with Crippen molar-refractivity contribution in [1.82, 2.24) is 5.32 Å². The zero-order valence-electron chi connectivity index (χ0n) is 11.6. The summed E-state index contributed by atoms with van der Waals surface area (Å²) in [6.07, 6.45) is 0.675. The van der Waals surface area contributed by atoms with E-state index in [1.54, 1.807) is 0 Å². The summed E-state index contributed by atoms with van der Waals surface area (Å²) in [4.78, 5) is 0. The normalized spacial score (nSPS) is 11.9. The van der Waals surface area contributed by atoms with Gasteiger partial charge in [0.1, 0.15) is 5.82 Å². The van der Waals surface area contributed by atoms with E-state index in [0.29, 0.717) is 24.1 Å². The van der Waals surface area contributed by atoms with Gasteiger partial charge >= 0.3 is 0 Å². The van der Waals surface area contributed by atoms with Gasteiger partial charge in [0.2, 0.25) is 0 Å². The molecule has 1 atom stereocenters. The van der Waals surface area contributed by atoms with Crippen molar-refractivity contribution in [3.8, 4) is 6.07 Å². The van der Waals surface area contributed by atoms with E-state index in [9.17, 15) is 9.50 Å². The summed E-state index contributed by atoms with van der Waals surface area (Å²) in [6, 6.07) is 15.8. The summed E-state index contributed by atoms with van der Waals surface area (Å²) in [5, 5.41) is 21.6. The molecule has 21 heavy (non-hydrogen) atoms. The smallest absolute Gasteiger partial charge is 0.123 e. The summed E-state index contributed by atoms with van der Waals surface area (Å²) in [5.41, 5.74) is 2.16. The summed E-state index contributed by atoms with van der Waals surface area (Å²) < 4.78 is 13.3. The van der Waals surface area contributed by atoms with Crippen molar-refractivity contribution in [1.29, 1.82) is 5.26 Å². The molecule has 0 heterocycles. The summed E-state index contributed by atoms with van der Waals surface area (Å²) in [6.45, 7) is 0.324. The van der Waals surface area contributed by atoms with Gasteiger partial charge in [-0.05, 0) is 35.7 Å². The first-order valence-corrected chi connectivity index (χ1v) is 6.79. The second kappa shape index (κ2) is 7.53. The van der Waals surface area contributed by atoms with Crippen LogP contribution in [0.2, 0.25) is 0 Å². The Morgan fingerprint density at radius 1 is 1.19 bits per heavy atom. The van der Waals surface area contributed by atoms with Crippen molar-refractivity contribution in [3.63, 3.8) is 0 Å². The maximum absolute atomic E-state index is 13.3. The fourth-order valence-electron chi connectivity index (χ4n) is 2.17. The highest BCUT2D eigenvalue weighted by molar-refractivity contribution is 5.37. The molecule has 3 nitrogen and oxygen atoms in total. The molecule has 0 aliphatic rings. The van der Waals surface area contributed by atoms with Crippen LogP contribution in [0.5, 0.6) is 0 Å². The Morgan fingerprint density at radius 2 is 1.95 bits per heavy atom. The van der Waals surface area contributed by atoms with E-state index in [4.69, 9.17) is 5.26 Å². The first kappa shape index (κ1) is 15.2. The second-order valence-corrected chi connectivity index (χ2v) is 4.86. The second-order valence-electron chi connectivity index (χ2n) is 4.86. The van der Waals surface area contributed by atoms with Crippen LogP contribution in [0.3, 0.4) is 0 Å². The summed E-state index contributed by atoms with van der Waals surface area (Å²) in [7, 11) is 0. The predicted molar refractivity (Wildman–Crippen MR) is 79.0 cm³/mol. The van der Waals surface area contributed by atoms with Crippen LogP contribution >= 0.6 is 0 Å². The lowest BCUT2D eigenvalue weighted by atomic mass is 10.0. The maximum atomic E-state index is 13.3. The quantitative estimate of drug-likeness (QED) is 0.856. The SMILES string of the molecule is N#Cc1ccc(F)cc1CNC(CO)Cc1ccccc1. The minimum absolute atomic E-state index is 0.0217. The van der Waals surface area contributed by atoms with Gasteiger partial charge in [0, 0.05) is 12.6 Å². The molecule has 0 spiro atoms. The first-order valence-electron chi connectivity index (χ1n) is 6.79. The number of hydrogen-bond acceptors (Lipinski definition) is 3. The van der Waals surface area contributed by atoms with Crippen LogP contribution in [0.25, 0.3) is 0 Å². The van der Waals surface area contributed by atoms with E-state index >= 15 is 0 Å². The molecule has 2 rings (SSSR count). The van der Waals surface area contributed by atoms with Gasteiger partial charge in [-0.2, -0.15) is 5.26 Å². The third-order valence-corrected chi connectivity index (χ3v) is 3.31. The van der Waals surface area contributed by atoms with Crippen molar-refractivity contribution < 1.29 is 9.50 Å².